The molecular formula is C21H17F3N6O2. The highest BCUT2D eigenvalue weighted by molar-refractivity contribution is 6.01. The van der Waals surface area contributed by atoms with E-state index < -0.39 is 23.6 Å². The molecule has 32 heavy (non-hydrogen) atoms. The van der Waals surface area contributed by atoms with E-state index in [2.05, 4.69) is 32.0 Å². The van der Waals surface area contributed by atoms with Crippen LogP contribution in [0, 0.1) is 12.3 Å². The summed E-state index contributed by atoms with van der Waals surface area (Å²) in [7, 11) is 0. The van der Waals surface area contributed by atoms with Gasteiger partial charge < -0.3 is 16.0 Å². The molecule has 0 aliphatic carbocycles. The molecule has 0 saturated heterocycles. The zero-order chi connectivity index (χ0) is 23.1. The zero-order valence-corrected chi connectivity index (χ0v) is 16.5. The minimum atomic E-state index is -4.59. The molecule has 3 N–H and O–H groups in total. The minimum Gasteiger partial charge on any atom is -0.376 e. The van der Waals surface area contributed by atoms with Crippen LogP contribution in [0.25, 0.3) is 5.69 Å². The first-order chi connectivity index (χ1) is 15.3. The van der Waals surface area contributed by atoms with Gasteiger partial charge in [0.15, 0.2) is 0 Å². The highest BCUT2D eigenvalue weighted by atomic mass is 19.4. The van der Waals surface area contributed by atoms with Crippen LogP contribution >= 0.6 is 0 Å². The van der Waals surface area contributed by atoms with Gasteiger partial charge in [0.2, 0.25) is 5.91 Å². The van der Waals surface area contributed by atoms with Gasteiger partial charge in [-0.05, 0) is 30.3 Å². The number of hydrogen-bond acceptors (Lipinski definition) is 5. The van der Waals surface area contributed by atoms with Crippen molar-refractivity contribution in [3.05, 3.63) is 66.2 Å². The average molecular weight is 442 g/mol. The normalized spacial score (nSPS) is 10.8. The topological polar surface area (TPSA) is 101 Å². The number of anilines is 2. The van der Waals surface area contributed by atoms with E-state index >= 15 is 0 Å². The second-order valence-corrected chi connectivity index (χ2v) is 6.40. The van der Waals surface area contributed by atoms with Gasteiger partial charge in [0.1, 0.15) is 12.7 Å². The van der Waals surface area contributed by atoms with Crippen LogP contribution in [0.2, 0.25) is 0 Å². The molecule has 0 aliphatic rings. The lowest BCUT2D eigenvalue weighted by Gasteiger charge is -2.15. The van der Waals surface area contributed by atoms with Crippen molar-refractivity contribution < 1.29 is 22.8 Å². The van der Waals surface area contributed by atoms with Crippen LogP contribution in [-0.2, 0) is 11.0 Å². The molecule has 8 nitrogen and oxygen atoms in total. The number of alkyl halides is 3. The van der Waals surface area contributed by atoms with Gasteiger partial charge in [-0.3, -0.25) is 9.59 Å². The van der Waals surface area contributed by atoms with Crippen molar-refractivity contribution in [3.63, 3.8) is 0 Å². The Morgan fingerprint density at radius 1 is 1.12 bits per heavy atom. The SMILES string of the molecule is C#CCNC(=O)c1ccccc1NCC(=O)Nc1cc(C(F)(F)F)ccc1-n1cncn1. The molecular weight excluding hydrogens is 425 g/mol. The summed E-state index contributed by atoms with van der Waals surface area (Å²) in [5.74, 6) is 1.22. The molecule has 1 heterocycles. The summed E-state index contributed by atoms with van der Waals surface area (Å²) in [6, 6.07) is 9.32. The van der Waals surface area contributed by atoms with Gasteiger partial charge >= 0.3 is 6.18 Å². The third-order valence-electron chi connectivity index (χ3n) is 4.23. The van der Waals surface area contributed by atoms with Gasteiger partial charge in [-0.25, -0.2) is 9.67 Å². The fourth-order valence-corrected chi connectivity index (χ4v) is 2.78. The molecule has 0 atom stereocenters. The Hall–Kier alpha value is -4.33. The molecule has 2 amide bonds. The first kappa shape index (κ1) is 22.4. The molecule has 0 aliphatic heterocycles. The number of halogens is 3. The van der Waals surface area contributed by atoms with Crippen LogP contribution < -0.4 is 16.0 Å². The van der Waals surface area contributed by atoms with Crippen LogP contribution in [0.15, 0.2) is 55.1 Å². The highest BCUT2D eigenvalue weighted by Crippen LogP contribution is 2.33. The summed E-state index contributed by atoms with van der Waals surface area (Å²) in [5, 5.41) is 11.7. The molecule has 2 aromatic carbocycles. The minimum absolute atomic E-state index is 0.0360. The van der Waals surface area contributed by atoms with E-state index in [1.807, 2.05) is 0 Å². The predicted molar refractivity (Wildman–Crippen MR) is 111 cm³/mol. The lowest BCUT2D eigenvalue weighted by molar-refractivity contribution is -0.137. The summed E-state index contributed by atoms with van der Waals surface area (Å²) < 4.78 is 40.7. The van der Waals surface area contributed by atoms with E-state index in [-0.39, 0.29) is 30.0 Å². The van der Waals surface area contributed by atoms with Crippen molar-refractivity contribution in [2.75, 3.05) is 23.7 Å². The second-order valence-electron chi connectivity index (χ2n) is 6.40. The maximum absolute atomic E-state index is 13.1. The maximum atomic E-state index is 13.1. The number of benzene rings is 2. The number of aromatic nitrogens is 3. The number of carbonyl (C=O) groups is 2. The summed E-state index contributed by atoms with van der Waals surface area (Å²) in [6.45, 7) is -0.277. The van der Waals surface area contributed by atoms with Gasteiger partial charge in [0.25, 0.3) is 5.91 Å². The van der Waals surface area contributed by atoms with Crippen molar-refractivity contribution >= 4 is 23.2 Å². The summed E-state index contributed by atoms with van der Waals surface area (Å²) >= 11 is 0. The van der Waals surface area contributed by atoms with Gasteiger partial charge in [0, 0.05) is 5.69 Å². The van der Waals surface area contributed by atoms with E-state index in [0.29, 0.717) is 5.69 Å². The largest absolute Gasteiger partial charge is 0.416 e. The number of terminal acetylenes is 1. The number of nitrogens with zero attached hydrogens (tertiary/aromatic N) is 3. The molecule has 0 fully saturated rings. The summed E-state index contributed by atoms with van der Waals surface area (Å²) in [5.41, 5.74) is -0.203. The van der Waals surface area contributed by atoms with Crippen molar-refractivity contribution in [1.29, 1.82) is 0 Å². The Bertz CT molecular complexity index is 1150. The third kappa shape index (κ3) is 5.42. The molecule has 1 aromatic heterocycles. The Morgan fingerprint density at radius 3 is 2.59 bits per heavy atom. The fourth-order valence-electron chi connectivity index (χ4n) is 2.78. The first-order valence-electron chi connectivity index (χ1n) is 9.20. The van der Waals surface area contributed by atoms with Gasteiger partial charge in [-0.15, -0.1) is 6.42 Å². The zero-order valence-electron chi connectivity index (χ0n) is 16.5. The van der Waals surface area contributed by atoms with Crippen molar-refractivity contribution in [3.8, 4) is 18.0 Å². The van der Waals surface area contributed by atoms with E-state index in [4.69, 9.17) is 6.42 Å². The Kier molecular flexibility index (Phi) is 6.74. The lowest BCUT2D eigenvalue weighted by Crippen LogP contribution is -2.27. The number of para-hydroxylation sites is 1. The van der Waals surface area contributed by atoms with E-state index in [1.165, 1.54) is 23.4 Å². The lowest BCUT2D eigenvalue weighted by atomic mass is 10.1. The average Bonchev–Trinajstić information content (AvgIpc) is 3.30. The predicted octanol–water partition coefficient (Wildman–Crippen LogP) is 2.70. The van der Waals surface area contributed by atoms with Crippen molar-refractivity contribution in [2.45, 2.75) is 6.18 Å². The van der Waals surface area contributed by atoms with Gasteiger partial charge in [-0.2, -0.15) is 18.3 Å². The van der Waals surface area contributed by atoms with Crippen molar-refractivity contribution in [2.24, 2.45) is 0 Å². The molecule has 0 unspecified atom stereocenters. The third-order valence-corrected chi connectivity index (χ3v) is 4.23. The Balaban J connectivity index is 1.77. The van der Waals surface area contributed by atoms with Gasteiger partial charge in [0.05, 0.1) is 35.6 Å². The molecule has 0 radical (unpaired) electrons. The van der Waals surface area contributed by atoms with Crippen LogP contribution in [0.5, 0.6) is 0 Å². The van der Waals surface area contributed by atoms with E-state index in [9.17, 15) is 22.8 Å². The molecule has 3 aromatic rings. The second kappa shape index (κ2) is 9.65. The number of hydrogen-bond donors (Lipinski definition) is 3. The quantitative estimate of drug-likeness (QED) is 0.489. The maximum Gasteiger partial charge on any atom is 0.416 e. The number of carbonyl (C=O) groups excluding carboxylic acids is 2. The smallest absolute Gasteiger partial charge is 0.376 e. The van der Waals surface area contributed by atoms with Crippen molar-refractivity contribution in [1.82, 2.24) is 20.1 Å². The van der Waals surface area contributed by atoms with E-state index in [1.54, 1.807) is 24.3 Å². The van der Waals surface area contributed by atoms with E-state index in [0.717, 1.165) is 12.1 Å². The summed E-state index contributed by atoms with van der Waals surface area (Å²) in [4.78, 5) is 28.5. The molecule has 0 spiro atoms. The van der Waals surface area contributed by atoms with Crippen LogP contribution in [0.3, 0.4) is 0 Å². The molecule has 0 bridgehead atoms. The Labute approximate surface area is 180 Å². The highest BCUT2D eigenvalue weighted by Gasteiger charge is 2.31. The standard InChI is InChI=1S/C21H17F3N6O2/c1-2-9-26-20(32)15-5-3-4-6-16(15)27-11-19(31)29-17-10-14(21(22,23)24)7-8-18(17)30-13-25-12-28-30/h1,3-8,10,12-13,27H,9,11H2,(H,26,32)(H,29,31). The first-order valence-corrected chi connectivity index (χ1v) is 9.20. The number of rotatable bonds is 7. The number of nitrogens with one attached hydrogen (secondary N) is 3. The summed E-state index contributed by atoms with van der Waals surface area (Å²) in [6.07, 6.45) is 3.05. The molecule has 164 valence electrons. The van der Waals surface area contributed by atoms with Crippen LogP contribution in [-0.4, -0.2) is 39.7 Å². The Morgan fingerprint density at radius 2 is 1.91 bits per heavy atom. The number of amides is 2. The molecule has 3 rings (SSSR count). The molecule has 11 heteroatoms. The molecule has 0 saturated carbocycles. The van der Waals surface area contributed by atoms with Gasteiger partial charge in [-0.1, -0.05) is 18.1 Å². The fraction of sp³-hybridized carbons (Fsp3) is 0.143. The monoisotopic (exact) mass is 442 g/mol. The van der Waals surface area contributed by atoms with Crippen LogP contribution in [0.1, 0.15) is 15.9 Å². The van der Waals surface area contributed by atoms with Crippen LogP contribution in [0.4, 0.5) is 24.5 Å².